The van der Waals surface area contributed by atoms with Crippen molar-refractivity contribution in [1.29, 1.82) is 0 Å². The summed E-state index contributed by atoms with van der Waals surface area (Å²) in [7, 11) is 1.80. The van der Waals surface area contributed by atoms with E-state index in [0.29, 0.717) is 31.1 Å². The molecule has 0 radical (unpaired) electrons. The second-order valence-electron chi connectivity index (χ2n) is 6.55. The summed E-state index contributed by atoms with van der Waals surface area (Å²) in [5.74, 6) is 0.0259. The van der Waals surface area contributed by atoms with Gasteiger partial charge in [0.25, 0.3) is 0 Å². The van der Waals surface area contributed by atoms with Gasteiger partial charge in [-0.15, -0.1) is 0 Å². The third-order valence-electron chi connectivity index (χ3n) is 4.54. The number of hydrogen-bond donors (Lipinski definition) is 0. The second-order valence-corrected chi connectivity index (χ2v) is 6.99. The van der Waals surface area contributed by atoms with Gasteiger partial charge in [0.15, 0.2) is 0 Å². The highest BCUT2D eigenvalue weighted by molar-refractivity contribution is 6.30. The summed E-state index contributed by atoms with van der Waals surface area (Å²) < 4.78 is 0. The van der Waals surface area contributed by atoms with E-state index in [2.05, 4.69) is 4.98 Å². The Hall–Kier alpha value is -2.40. The fourth-order valence-corrected chi connectivity index (χ4v) is 2.86. The van der Waals surface area contributed by atoms with Gasteiger partial charge >= 0.3 is 0 Å². The number of hydrogen-bond acceptors (Lipinski definition) is 3. The van der Waals surface area contributed by atoms with Gasteiger partial charge in [-0.25, -0.2) is 0 Å². The van der Waals surface area contributed by atoms with E-state index in [0.717, 1.165) is 24.0 Å². The van der Waals surface area contributed by atoms with Crippen molar-refractivity contribution in [3.63, 3.8) is 0 Å². The third-order valence-corrected chi connectivity index (χ3v) is 4.79. The van der Waals surface area contributed by atoms with Crippen molar-refractivity contribution in [3.05, 3.63) is 64.9 Å². The van der Waals surface area contributed by atoms with E-state index in [1.54, 1.807) is 36.2 Å². The molecule has 2 rings (SSSR count). The molecule has 1 aromatic heterocycles. The maximum absolute atomic E-state index is 12.4. The van der Waals surface area contributed by atoms with Crippen LogP contribution in [0.5, 0.6) is 0 Å². The minimum absolute atomic E-state index is 0.0174. The summed E-state index contributed by atoms with van der Waals surface area (Å²) in [4.78, 5) is 31.7. The van der Waals surface area contributed by atoms with Crippen molar-refractivity contribution >= 4 is 23.4 Å². The lowest BCUT2D eigenvalue weighted by Gasteiger charge is -2.23. The zero-order valence-electron chi connectivity index (χ0n) is 15.9. The molecular formula is C21H26ClN3O2. The average molecular weight is 388 g/mol. The predicted octanol–water partition coefficient (Wildman–Crippen LogP) is 3.22. The van der Waals surface area contributed by atoms with Crippen LogP contribution in [0.25, 0.3) is 0 Å². The maximum Gasteiger partial charge on any atom is 0.224 e. The van der Waals surface area contributed by atoms with E-state index in [1.165, 1.54) is 0 Å². The van der Waals surface area contributed by atoms with Crippen LogP contribution in [0.2, 0.25) is 5.02 Å². The predicted molar refractivity (Wildman–Crippen MR) is 108 cm³/mol. The Labute approximate surface area is 166 Å². The van der Waals surface area contributed by atoms with Crippen LogP contribution in [-0.2, 0) is 22.4 Å². The average Bonchev–Trinajstić information content (AvgIpc) is 2.67. The molecule has 0 aliphatic heterocycles. The number of aromatic nitrogens is 1. The molecule has 0 fully saturated rings. The number of nitrogens with zero attached hydrogens (tertiary/aromatic N) is 3. The smallest absolute Gasteiger partial charge is 0.224 e. The first-order valence-electron chi connectivity index (χ1n) is 9.08. The van der Waals surface area contributed by atoms with Crippen molar-refractivity contribution in [2.75, 3.05) is 26.7 Å². The maximum atomic E-state index is 12.4. The molecule has 0 atom stereocenters. The molecule has 2 aromatic rings. The van der Waals surface area contributed by atoms with Crippen LogP contribution in [0.4, 0.5) is 0 Å². The SMILES string of the molecule is CC(=O)N(CCC(=O)N(C)CCc1ccncc1)CCc1ccc(Cl)cc1. The minimum atomic E-state index is -0.0174. The Morgan fingerprint density at radius 3 is 2.15 bits per heavy atom. The normalized spacial score (nSPS) is 10.5. The van der Waals surface area contributed by atoms with Crippen LogP contribution in [0, 0.1) is 0 Å². The van der Waals surface area contributed by atoms with E-state index in [-0.39, 0.29) is 11.8 Å². The molecular weight excluding hydrogens is 362 g/mol. The number of pyridine rings is 1. The Balaban J connectivity index is 1.77. The van der Waals surface area contributed by atoms with Gasteiger partial charge in [0, 0.05) is 57.4 Å². The molecule has 0 unspecified atom stereocenters. The van der Waals surface area contributed by atoms with Gasteiger partial charge in [-0.05, 0) is 48.2 Å². The topological polar surface area (TPSA) is 53.5 Å². The van der Waals surface area contributed by atoms with E-state index >= 15 is 0 Å². The van der Waals surface area contributed by atoms with Crippen LogP contribution < -0.4 is 0 Å². The van der Waals surface area contributed by atoms with Gasteiger partial charge in [-0.2, -0.15) is 0 Å². The number of halogens is 1. The zero-order chi connectivity index (χ0) is 19.6. The third kappa shape index (κ3) is 7.39. The van der Waals surface area contributed by atoms with Crippen molar-refractivity contribution in [1.82, 2.24) is 14.8 Å². The lowest BCUT2D eigenvalue weighted by atomic mass is 10.1. The number of carbonyl (C=O) groups is 2. The number of likely N-dealkylation sites (N-methyl/N-ethyl adjacent to an activating group) is 1. The molecule has 27 heavy (non-hydrogen) atoms. The molecule has 5 nitrogen and oxygen atoms in total. The first kappa shape index (κ1) is 20.9. The van der Waals surface area contributed by atoms with E-state index in [1.807, 2.05) is 36.4 Å². The molecule has 0 saturated heterocycles. The van der Waals surface area contributed by atoms with Gasteiger partial charge in [0.2, 0.25) is 11.8 Å². The fourth-order valence-electron chi connectivity index (χ4n) is 2.73. The number of rotatable bonds is 9. The highest BCUT2D eigenvalue weighted by Crippen LogP contribution is 2.10. The summed E-state index contributed by atoms with van der Waals surface area (Å²) in [5.41, 5.74) is 2.27. The summed E-state index contributed by atoms with van der Waals surface area (Å²) in [6.07, 6.45) is 5.36. The van der Waals surface area contributed by atoms with Gasteiger partial charge in [-0.1, -0.05) is 23.7 Å². The van der Waals surface area contributed by atoms with E-state index < -0.39 is 0 Å². The van der Waals surface area contributed by atoms with Crippen molar-refractivity contribution in [2.24, 2.45) is 0 Å². The van der Waals surface area contributed by atoms with Crippen molar-refractivity contribution in [2.45, 2.75) is 26.2 Å². The molecule has 6 heteroatoms. The molecule has 0 saturated carbocycles. The van der Waals surface area contributed by atoms with Crippen LogP contribution in [0.1, 0.15) is 24.5 Å². The molecule has 0 spiro atoms. The molecule has 0 bridgehead atoms. The van der Waals surface area contributed by atoms with Crippen LogP contribution in [-0.4, -0.2) is 53.3 Å². The standard InChI is InChI=1S/C21H26ClN3O2/c1-17(26)25(15-10-18-3-5-20(22)6-4-18)16-11-21(27)24(2)14-9-19-7-12-23-13-8-19/h3-8,12-13H,9-11,14-16H2,1-2H3. The lowest BCUT2D eigenvalue weighted by molar-refractivity contribution is -0.132. The Kier molecular flexibility index (Phi) is 8.27. The molecule has 0 aliphatic carbocycles. The summed E-state index contributed by atoms with van der Waals surface area (Å²) in [6, 6.07) is 11.5. The minimum Gasteiger partial charge on any atom is -0.345 e. The summed E-state index contributed by atoms with van der Waals surface area (Å²) in [6.45, 7) is 3.21. The van der Waals surface area contributed by atoms with Gasteiger partial charge in [-0.3, -0.25) is 14.6 Å². The Bertz CT molecular complexity index is 735. The van der Waals surface area contributed by atoms with Crippen molar-refractivity contribution < 1.29 is 9.59 Å². The largest absolute Gasteiger partial charge is 0.345 e. The van der Waals surface area contributed by atoms with Gasteiger partial charge < -0.3 is 9.80 Å². The zero-order valence-corrected chi connectivity index (χ0v) is 16.7. The van der Waals surface area contributed by atoms with Crippen molar-refractivity contribution in [3.8, 4) is 0 Å². The first-order valence-corrected chi connectivity index (χ1v) is 9.46. The van der Waals surface area contributed by atoms with Gasteiger partial charge in [0.05, 0.1) is 0 Å². The highest BCUT2D eigenvalue weighted by Gasteiger charge is 2.14. The fraction of sp³-hybridized carbons (Fsp3) is 0.381. The van der Waals surface area contributed by atoms with Crippen LogP contribution in [0.3, 0.4) is 0 Å². The van der Waals surface area contributed by atoms with Crippen LogP contribution >= 0.6 is 11.6 Å². The molecule has 0 aliphatic rings. The molecule has 1 heterocycles. The number of carbonyl (C=O) groups excluding carboxylic acids is 2. The quantitative estimate of drug-likeness (QED) is 0.663. The Morgan fingerprint density at radius 1 is 0.926 bits per heavy atom. The lowest BCUT2D eigenvalue weighted by Crippen LogP contribution is -2.36. The molecule has 144 valence electrons. The summed E-state index contributed by atoms with van der Waals surface area (Å²) in [5, 5.41) is 0.697. The number of amides is 2. The molecule has 1 aromatic carbocycles. The second kappa shape index (κ2) is 10.7. The van der Waals surface area contributed by atoms with E-state index in [9.17, 15) is 9.59 Å². The summed E-state index contributed by atoms with van der Waals surface area (Å²) >= 11 is 5.89. The monoisotopic (exact) mass is 387 g/mol. The number of benzene rings is 1. The first-order chi connectivity index (χ1) is 13.0. The Morgan fingerprint density at radius 2 is 1.52 bits per heavy atom. The van der Waals surface area contributed by atoms with Crippen LogP contribution in [0.15, 0.2) is 48.8 Å². The van der Waals surface area contributed by atoms with Gasteiger partial charge in [0.1, 0.15) is 0 Å². The molecule has 2 amide bonds. The highest BCUT2D eigenvalue weighted by atomic mass is 35.5. The molecule has 0 N–H and O–H groups in total. The van der Waals surface area contributed by atoms with E-state index in [4.69, 9.17) is 11.6 Å².